The van der Waals surface area contributed by atoms with E-state index in [-0.39, 0.29) is 44.9 Å². The first kappa shape index (κ1) is 20.2. The van der Waals surface area contributed by atoms with E-state index in [2.05, 4.69) is 6.58 Å². The van der Waals surface area contributed by atoms with Crippen LogP contribution in [0.1, 0.15) is 17.9 Å². The summed E-state index contributed by atoms with van der Waals surface area (Å²) in [6.07, 6.45) is 3.09. The van der Waals surface area contributed by atoms with Gasteiger partial charge in [0.05, 0.1) is 26.4 Å². The minimum absolute atomic E-state index is 0.0475. The SMILES string of the molecule is C=CCOC(=O)C1=CC(c2ccc3c(c2)OCO3)CC(OCCOCCO)O1. The Hall–Kier alpha value is -2.55. The number of aliphatic hydroxyl groups excluding tert-OH is 1. The van der Waals surface area contributed by atoms with Gasteiger partial charge in [-0.1, -0.05) is 18.7 Å². The normalized spacial score (nSPS) is 20.2. The number of allylic oxidation sites excluding steroid dienone is 1. The molecule has 0 spiro atoms. The van der Waals surface area contributed by atoms with Crippen molar-refractivity contribution in [2.75, 3.05) is 39.8 Å². The molecule has 0 radical (unpaired) electrons. The standard InChI is InChI=1S/C20H24O8/c1-2-6-25-20(22)18-11-15(12-19(28-18)24-9-8-23-7-5-21)14-3-4-16-17(10-14)27-13-26-16/h2-4,10-11,15,19,21H,1,5-9,12-13H2. The van der Waals surface area contributed by atoms with E-state index in [1.807, 2.05) is 18.2 Å². The molecule has 8 nitrogen and oxygen atoms in total. The fourth-order valence-electron chi connectivity index (χ4n) is 2.89. The molecule has 2 aliphatic heterocycles. The zero-order valence-electron chi connectivity index (χ0n) is 15.5. The second-order valence-corrected chi connectivity index (χ2v) is 6.13. The van der Waals surface area contributed by atoms with Crippen molar-refractivity contribution in [1.29, 1.82) is 0 Å². The van der Waals surface area contributed by atoms with Gasteiger partial charge in [-0.2, -0.15) is 0 Å². The molecule has 1 N–H and O–H groups in total. The smallest absolute Gasteiger partial charge is 0.373 e. The first-order chi connectivity index (χ1) is 13.7. The summed E-state index contributed by atoms with van der Waals surface area (Å²) in [7, 11) is 0. The molecule has 8 heteroatoms. The van der Waals surface area contributed by atoms with Crippen LogP contribution >= 0.6 is 0 Å². The largest absolute Gasteiger partial charge is 0.458 e. The highest BCUT2D eigenvalue weighted by atomic mass is 16.7. The number of fused-ring (bicyclic) bond motifs is 1. The third-order valence-electron chi connectivity index (χ3n) is 4.18. The molecule has 2 heterocycles. The van der Waals surface area contributed by atoms with E-state index < -0.39 is 12.3 Å². The highest BCUT2D eigenvalue weighted by molar-refractivity contribution is 5.86. The molecule has 2 aliphatic rings. The fourth-order valence-corrected chi connectivity index (χ4v) is 2.89. The first-order valence-electron chi connectivity index (χ1n) is 9.07. The molecular weight excluding hydrogens is 368 g/mol. The summed E-state index contributed by atoms with van der Waals surface area (Å²) in [5.41, 5.74) is 0.951. The van der Waals surface area contributed by atoms with E-state index in [4.69, 9.17) is 33.5 Å². The van der Waals surface area contributed by atoms with Crippen LogP contribution in [0.4, 0.5) is 0 Å². The lowest BCUT2D eigenvalue weighted by Gasteiger charge is -2.29. The summed E-state index contributed by atoms with van der Waals surface area (Å²) in [5, 5.41) is 8.73. The predicted octanol–water partition coefficient (Wildman–Crippen LogP) is 1.88. The molecule has 0 bridgehead atoms. The Morgan fingerprint density at radius 2 is 2.11 bits per heavy atom. The minimum Gasteiger partial charge on any atom is -0.458 e. The van der Waals surface area contributed by atoms with Crippen LogP contribution in [0.5, 0.6) is 11.5 Å². The average molecular weight is 392 g/mol. The number of rotatable bonds is 10. The van der Waals surface area contributed by atoms with Gasteiger partial charge in [0.25, 0.3) is 0 Å². The lowest BCUT2D eigenvalue weighted by molar-refractivity contribution is -0.163. The van der Waals surface area contributed by atoms with Crippen LogP contribution in [-0.2, 0) is 23.7 Å². The highest BCUT2D eigenvalue weighted by Gasteiger charge is 2.30. The second-order valence-electron chi connectivity index (χ2n) is 6.13. The van der Waals surface area contributed by atoms with E-state index in [1.54, 1.807) is 6.08 Å². The van der Waals surface area contributed by atoms with Gasteiger partial charge >= 0.3 is 5.97 Å². The number of carbonyl (C=O) groups excluding carboxylic acids is 1. The maximum atomic E-state index is 12.3. The van der Waals surface area contributed by atoms with Crippen molar-refractivity contribution >= 4 is 5.97 Å². The summed E-state index contributed by atoms with van der Waals surface area (Å²) in [4.78, 5) is 12.3. The third-order valence-corrected chi connectivity index (χ3v) is 4.18. The van der Waals surface area contributed by atoms with Crippen molar-refractivity contribution in [1.82, 2.24) is 0 Å². The zero-order valence-corrected chi connectivity index (χ0v) is 15.5. The number of hydrogen-bond acceptors (Lipinski definition) is 8. The summed E-state index contributed by atoms with van der Waals surface area (Å²) in [5.74, 6) is 0.757. The lowest BCUT2D eigenvalue weighted by Crippen LogP contribution is -2.29. The van der Waals surface area contributed by atoms with Crippen molar-refractivity contribution < 1.29 is 38.3 Å². The Kier molecular flexibility index (Phi) is 7.30. The van der Waals surface area contributed by atoms with Crippen LogP contribution in [0, 0.1) is 0 Å². The Bertz CT molecular complexity index is 714. The molecule has 28 heavy (non-hydrogen) atoms. The van der Waals surface area contributed by atoms with Gasteiger partial charge in [-0.25, -0.2) is 4.79 Å². The molecule has 0 fully saturated rings. The molecule has 0 aliphatic carbocycles. The van der Waals surface area contributed by atoms with Crippen molar-refractivity contribution in [2.24, 2.45) is 0 Å². The fraction of sp³-hybridized carbons (Fsp3) is 0.450. The van der Waals surface area contributed by atoms with Gasteiger partial charge < -0.3 is 33.5 Å². The Balaban J connectivity index is 1.70. The average Bonchev–Trinajstić information content (AvgIpc) is 3.19. The molecule has 152 valence electrons. The van der Waals surface area contributed by atoms with Crippen molar-refractivity contribution in [3.63, 3.8) is 0 Å². The van der Waals surface area contributed by atoms with E-state index in [0.29, 0.717) is 24.5 Å². The van der Waals surface area contributed by atoms with E-state index in [0.717, 1.165) is 5.56 Å². The monoisotopic (exact) mass is 392 g/mol. The maximum Gasteiger partial charge on any atom is 0.373 e. The Labute approximate surface area is 163 Å². The van der Waals surface area contributed by atoms with Crippen LogP contribution < -0.4 is 9.47 Å². The van der Waals surface area contributed by atoms with Crippen molar-refractivity contribution in [3.05, 3.63) is 48.3 Å². The van der Waals surface area contributed by atoms with Gasteiger partial charge in [0.2, 0.25) is 18.8 Å². The second kappa shape index (κ2) is 10.1. The molecule has 1 aromatic carbocycles. The molecule has 0 saturated heterocycles. The summed E-state index contributed by atoms with van der Waals surface area (Å²) in [6, 6.07) is 5.66. The van der Waals surface area contributed by atoms with Crippen LogP contribution in [-0.4, -0.2) is 57.2 Å². The lowest BCUT2D eigenvalue weighted by atomic mass is 9.92. The van der Waals surface area contributed by atoms with Crippen LogP contribution in [0.25, 0.3) is 0 Å². The summed E-state index contributed by atoms with van der Waals surface area (Å²) >= 11 is 0. The van der Waals surface area contributed by atoms with Gasteiger partial charge in [0.1, 0.15) is 6.61 Å². The molecule has 0 amide bonds. The molecule has 1 aromatic rings. The first-order valence-corrected chi connectivity index (χ1v) is 9.07. The number of esters is 1. The van der Waals surface area contributed by atoms with Crippen LogP contribution in [0.2, 0.25) is 0 Å². The van der Waals surface area contributed by atoms with Gasteiger partial charge in [-0.05, 0) is 23.8 Å². The van der Waals surface area contributed by atoms with E-state index >= 15 is 0 Å². The van der Waals surface area contributed by atoms with E-state index in [1.165, 1.54) is 6.08 Å². The van der Waals surface area contributed by atoms with E-state index in [9.17, 15) is 4.79 Å². The molecule has 2 unspecified atom stereocenters. The van der Waals surface area contributed by atoms with Gasteiger partial charge in [0, 0.05) is 12.3 Å². The van der Waals surface area contributed by atoms with Gasteiger partial charge in [-0.15, -0.1) is 0 Å². The van der Waals surface area contributed by atoms with Crippen molar-refractivity contribution in [3.8, 4) is 11.5 Å². The number of benzene rings is 1. The summed E-state index contributed by atoms with van der Waals surface area (Å²) in [6.45, 7) is 4.60. The summed E-state index contributed by atoms with van der Waals surface area (Å²) < 4.78 is 32.4. The number of ether oxygens (including phenoxy) is 6. The Morgan fingerprint density at radius 3 is 2.93 bits per heavy atom. The van der Waals surface area contributed by atoms with Crippen LogP contribution in [0.15, 0.2) is 42.7 Å². The quantitative estimate of drug-likeness (QED) is 0.367. The van der Waals surface area contributed by atoms with Gasteiger partial charge in [-0.3, -0.25) is 0 Å². The van der Waals surface area contributed by atoms with Crippen molar-refractivity contribution in [2.45, 2.75) is 18.6 Å². The predicted molar refractivity (Wildman–Crippen MR) is 97.9 cm³/mol. The number of carbonyl (C=O) groups is 1. The molecule has 0 saturated carbocycles. The topological polar surface area (TPSA) is 92.7 Å². The molecule has 2 atom stereocenters. The molecular formula is C20H24O8. The zero-order chi connectivity index (χ0) is 19.8. The number of hydrogen-bond donors (Lipinski definition) is 1. The van der Waals surface area contributed by atoms with Crippen LogP contribution in [0.3, 0.4) is 0 Å². The Morgan fingerprint density at radius 1 is 1.25 bits per heavy atom. The van der Waals surface area contributed by atoms with Gasteiger partial charge in [0.15, 0.2) is 11.5 Å². The third kappa shape index (κ3) is 5.25. The highest BCUT2D eigenvalue weighted by Crippen LogP contribution is 2.38. The molecule has 3 rings (SSSR count). The number of aliphatic hydroxyl groups is 1. The maximum absolute atomic E-state index is 12.3. The minimum atomic E-state index is -0.635. The molecule has 0 aromatic heterocycles.